The van der Waals surface area contributed by atoms with Crippen LogP contribution in [0.3, 0.4) is 0 Å². The van der Waals surface area contributed by atoms with Crippen LogP contribution in [0.5, 0.6) is 0 Å². The minimum absolute atomic E-state index is 0.223. The van der Waals surface area contributed by atoms with E-state index in [9.17, 15) is 14.4 Å². The Hall–Kier alpha value is -3.61. The number of amides is 2. The number of carbonyl (C=O) groups excluding carboxylic acids is 1. The average molecular weight is 420 g/mol. The third-order valence-corrected chi connectivity index (χ3v) is 5.82. The molecule has 7 heteroatoms. The van der Waals surface area contributed by atoms with Crippen molar-refractivity contribution in [1.82, 2.24) is 10.2 Å². The highest BCUT2D eigenvalue weighted by Crippen LogP contribution is 2.30. The van der Waals surface area contributed by atoms with E-state index < -0.39 is 11.6 Å². The zero-order chi connectivity index (χ0) is 22.0. The first-order valence-corrected chi connectivity index (χ1v) is 10.3. The minimum Gasteiger partial charge on any atom is -0.481 e. The normalized spacial score (nSPS) is 14.5. The lowest BCUT2D eigenvalue weighted by atomic mass is 9.97. The van der Waals surface area contributed by atoms with Crippen LogP contribution in [0.15, 0.2) is 57.7 Å². The molecule has 4 rings (SSSR count). The van der Waals surface area contributed by atoms with Crippen LogP contribution < -0.4 is 10.9 Å². The van der Waals surface area contributed by atoms with Gasteiger partial charge in [0, 0.05) is 36.7 Å². The summed E-state index contributed by atoms with van der Waals surface area (Å²) in [6.07, 6.45) is 0.928. The molecular weight excluding hydrogens is 396 g/mol. The number of hydrogen-bond donors (Lipinski definition) is 2. The van der Waals surface area contributed by atoms with Gasteiger partial charge in [-0.25, -0.2) is 9.59 Å². The van der Waals surface area contributed by atoms with Crippen LogP contribution in [-0.4, -0.2) is 35.1 Å². The SMILES string of the molecule is Cc1ccccc1-c1cc(=O)oc2cc(CNC(=O)N3CCC(C(=O)O)CC3)ccc12. The van der Waals surface area contributed by atoms with Crippen LogP contribution in [-0.2, 0) is 11.3 Å². The van der Waals surface area contributed by atoms with Gasteiger partial charge >= 0.3 is 17.6 Å². The molecule has 31 heavy (non-hydrogen) atoms. The number of urea groups is 1. The fourth-order valence-electron chi connectivity index (χ4n) is 4.03. The first-order chi connectivity index (χ1) is 14.9. The summed E-state index contributed by atoms with van der Waals surface area (Å²) >= 11 is 0. The van der Waals surface area contributed by atoms with E-state index in [1.165, 1.54) is 6.07 Å². The molecule has 0 spiro atoms. The van der Waals surface area contributed by atoms with E-state index in [1.54, 1.807) is 11.0 Å². The summed E-state index contributed by atoms with van der Waals surface area (Å²) in [7, 11) is 0. The minimum atomic E-state index is -0.803. The van der Waals surface area contributed by atoms with E-state index in [-0.39, 0.29) is 18.5 Å². The highest BCUT2D eigenvalue weighted by atomic mass is 16.4. The molecule has 0 bridgehead atoms. The number of benzene rings is 2. The Kier molecular flexibility index (Phi) is 5.75. The monoisotopic (exact) mass is 420 g/mol. The predicted molar refractivity (Wildman–Crippen MR) is 117 cm³/mol. The number of piperidine rings is 1. The Balaban J connectivity index is 1.50. The van der Waals surface area contributed by atoms with Gasteiger partial charge in [0.25, 0.3) is 0 Å². The molecule has 0 unspecified atom stereocenters. The Labute approximate surface area is 179 Å². The maximum atomic E-state index is 12.4. The van der Waals surface area contributed by atoms with Gasteiger partial charge < -0.3 is 19.7 Å². The smallest absolute Gasteiger partial charge is 0.336 e. The number of fused-ring (bicyclic) bond motifs is 1. The standard InChI is InChI=1S/C24H24N2O5/c1-15-4-2-3-5-18(15)20-13-22(27)31-21-12-16(6-7-19(20)21)14-25-24(30)26-10-8-17(9-11-26)23(28)29/h2-7,12-13,17H,8-11,14H2,1H3,(H,25,30)(H,28,29). The quantitative estimate of drug-likeness (QED) is 0.626. The molecule has 0 saturated carbocycles. The zero-order valence-corrected chi connectivity index (χ0v) is 17.3. The molecule has 0 atom stereocenters. The van der Waals surface area contributed by atoms with Crippen LogP contribution in [0.4, 0.5) is 4.79 Å². The molecule has 0 aliphatic carbocycles. The second-order valence-electron chi connectivity index (χ2n) is 7.88. The fraction of sp³-hybridized carbons (Fsp3) is 0.292. The molecule has 1 aliphatic rings. The van der Waals surface area contributed by atoms with Crippen LogP contribution in [0, 0.1) is 12.8 Å². The number of carboxylic acid groups (broad SMARTS) is 1. The van der Waals surface area contributed by atoms with Crippen molar-refractivity contribution in [2.75, 3.05) is 13.1 Å². The van der Waals surface area contributed by atoms with E-state index in [4.69, 9.17) is 9.52 Å². The molecule has 2 heterocycles. The van der Waals surface area contributed by atoms with Crippen molar-refractivity contribution in [3.05, 3.63) is 70.1 Å². The van der Waals surface area contributed by atoms with Crippen molar-refractivity contribution < 1.29 is 19.1 Å². The largest absolute Gasteiger partial charge is 0.481 e. The lowest BCUT2D eigenvalue weighted by Gasteiger charge is -2.30. The highest BCUT2D eigenvalue weighted by molar-refractivity contribution is 5.94. The number of likely N-dealkylation sites (tertiary alicyclic amines) is 1. The van der Waals surface area contributed by atoms with Gasteiger partial charge in [-0.05, 0) is 42.5 Å². The first-order valence-electron chi connectivity index (χ1n) is 10.3. The van der Waals surface area contributed by atoms with Crippen LogP contribution in [0.2, 0.25) is 0 Å². The maximum Gasteiger partial charge on any atom is 0.336 e. The molecule has 2 amide bonds. The second kappa shape index (κ2) is 8.63. The van der Waals surface area contributed by atoms with Gasteiger partial charge in [-0.2, -0.15) is 0 Å². The summed E-state index contributed by atoms with van der Waals surface area (Å²) in [5.74, 6) is -1.18. The van der Waals surface area contributed by atoms with Crippen molar-refractivity contribution >= 4 is 23.0 Å². The van der Waals surface area contributed by atoms with E-state index >= 15 is 0 Å². The summed E-state index contributed by atoms with van der Waals surface area (Å²) in [4.78, 5) is 37.3. The van der Waals surface area contributed by atoms with Crippen LogP contribution >= 0.6 is 0 Å². The van der Waals surface area contributed by atoms with Crippen molar-refractivity contribution in [1.29, 1.82) is 0 Å². The van der Waals surface area contributed by atoms with Gasteiger partial charge in [-0.1, -0.05) is 36.4 Å². The van der Waals surface area contributed by atoms with Crippen LogP contribution in [0.1, 0.15) is 24.0 Å². The number of nitrogens with one attached hydrogen (secondary N) is 1. The molecular formula is C24H24N2O5. The molecule has 1 saturated heterocycles. The Morgan fingerprint density at radius 1 is 1.10 bits per heavy atom. The summed E-state index contributed by atoms with van der Waals surface area (Å²) in [6, 6.07) is 14.7. The average Bonchev–Trinajstić information content (AvgIpc) is 2.77. The number of aryl methyl sites for hydroxylation is 1. The number of carbonyl (C=O) groups is 2. The van der Waals surface area contributed by atoms with E-state index in [2.05, 4.69) is 5.32 Å². The van der Waals surface area contributed by atoms with Crippen molar-refractivity contribution in [2.45, 2.75) is 26.3 Å². The van der Waals surface area contributed by atoms with Gasteiger partial charge in [0.1, 0.15) is 5.58 Å². The van der Waals surface area contributed by atoms with E-state index in [1.807, 2.05) is 43.3 Å². The summed E-state index contributed by atoms with van der Waals surface area (Å²) in [6.45, 7) is 3.13. The maximum absolute atomic E-state index is 12.4. The Morgan fingerprint density at radius 2 is 1.84 bits per heavy atom. The van der Waals surface area contributed by atoms with E-state index in [0.29, 0.717) is 31.5 Å². The van der Waals surface area contributed by atoms with Crippen LogP contribution in [0.25, 0.3) is 22.1 Å². The molecule has 0 radical (unpaired) electrons. The second-order valence-corrected chi connectivity index (χ2v) is 7.88. The zero-order valence-electron chi connectivity index (χ0n) is 17.3. The number of rotatable bonds is 4. The topological polar surface area (TPSA) is 99.9 Å². The molecule has 1 aliphatic heterocycles. The molecule has 1 fully saturated rings. The van der Waals surface area contributed by atoms with Gasteiger partial charge in [0.15, 0.2) is 0 Å². The Bertz CT molecular complexity index is 1190. The number of hydrogen-bond acceptors (Lipinski definition) is 4. The van der Waals surface area contributed by atoms with Crippen molar-refractivity contribution in [2.24, 2.45) is 5.92 Å². The van der Waals surface area contributed by atoms with Gasteiger partial charge in [0.2, 0.25) is 0 Å². The molecule has 2 aromatic carbocycles. The molecule has 1 aromatic heterocycles. The third-order valence-electron chi connectivity index (χ3n) is 5.82. The summed E-state index contributed by atoms with van der Waals surface area (Å²) in [5.41, 5.74) is 3.73. The molecule has 3 aromatic rings. The van der Waals surface area contributed by atoms with E-state index in [0.717, 1.165) is 27.6 Å². The summed E-state index contributed by atoms with van der Waals surface area (Å²) in [5, 5.41) is 12.8. The number of aliphatic carboxylic acids is 1. The predicted octanol–water partition coefficient (Wildman–Crippen LogP) is 3.77. The van der Waals surface area contributed by atoms with Crippen molar-refractivity contribution in [3.63, 3.8) is 0 Å². The molecule has 160 valence electrons. The van der Waals surface area contributed by atoms with Gasteiger partial charge in [-0.3, -0.25) is 4.79 Å². The number of nitrogens with zero attached hydrogens (tertiary/aromatic N) is 1. The van der Waals surface area contributed by atoms with Gasteiger partial charge in [0.05, 0.1) is 5.92 Å². The molecule has 2 N–H and O–H groups in total. The first kappa shape index (κ1) is 20.7. The molecule has 7 nitrogen and oxygen atoms in total. The highest BCUT2D eigenvalue weighted by Gasteiger charge is 2.26. The third kappa shape index (κ3) is 4.45. The van der Waals surface area contributed by atoms with Crippen molar-refractivity contribution in [3.8, 4) is 11.1 Å². The van der Waals surface area contributed by atoms with Gasteiger partial charge in [-0.15, -0.1) is 0 Å². The fourth-order valence-corrected chi connectivity index (χ4v) is 4.03. The number of carboxylic acids is 1. The lowest BCUT2D eigenvalue weighted by molar-refractivity contribution is -0.143. The Morgan fingerprint density at radius 3 is 2.55 bits per heavy atom. The lowest BCUT2D eigenvalue weighted by Crippen LogP contribution is -2.45. The summed E-state index contributed by atoms with van der Waals surface area (Å²) < 4.78 is 5.43.